The molecule has 4 heteroatoms. The summed E-state index contributed by atoms with van der Waals surface area (Å²) in [6.07, 6.45) is 1.23. The number of hydrogen-bond acceptors (Lipinski definition) is 4. The monoisotopic (exact) mass is 262 g/mol. The summed E-state index contributed by atoms with van der Waals surface area (Å²) >= 11 is 0. The van der Waals surface area contributed by atoms with Crippen LogP contribution in [-0.4, -0.2) is 48.6 Å². The first-order chi connectivity index (χ1) is 9.24. The van der Waals surface area contributed by atoms with Crippen LogP contribution >= 0.6 is 0 Å². The minimum absolute atomic E-state index is 0.697. The molecule has 2 rings (SSSR count). The van der Waals surface area contributed by atoms with Crippen molar-refractivity contribution in [2.45, 2.75) is 33.2 Å². The molecule has 106 valence electrons. The molecule has 0 spiro atoms. The van der Waals surface area contributed by atoms with Crippen molar-refractivity contribution >= 4 is 11.6 Å². The highest BCUT2D eigenvalue weighted by Gasteiger charge is 2.20. The zero-order valence-electron chi connectivity index (χ0n) is 12.4. The van der Waals surface area contributed by atoms with Crippen LogP contribution in [0.2, 0.25) is 0 Å². The Hall–Kier alpha value is -1.29. The Balaban J connectivity index is 1.95. The highest BCUT2D eigenvalue weighted by Crippen LogP contribution is 2.17. The first-order valence-corrected chi connectivity index (χ1v) is 7.44. The zero-order chi connectivity index (χ0) is 13.7. The molecule has 1 saturated heterocycles. The number of nitrogens with one attached hydrogen (secondary N) is 1. The fraction of sp³-hybridized carbons (Fsp3) is 0.667. The molecular formula is C15H26N4. The summed E-state index contributed by atoms with van der Waals surface area (Å²) in [6.45, 7) is 12.0. The molecular weight excluding hydrogens is 236 g/mol. The van der Waals surface area contributed by atoms with Gasteiger partial charge < -0.3 is 10.2 Å². The van der Waals surface area contributed by atoms with Gasteiger partial charge in [0.2, 0.25) is 0 Å². The van der Waals surface area contributed by atoms with Crippen molar-refractivity contribution in [1.29, 1.82) is 0 Å². The molecule has 0 aromatic carbocycles. The molecule has 1 aromatic rings. The fourth-order valence-electron chi connectivity index (χ4n) is 2.53. The number of aromatic nitrogens is 1. The quantitative estimate of drug-likeness (QED) is 0.883. The fourth-order valence-corrected chi connectivity index (χ4v) is 2.53. The topological polar surface area (TPSA) is 31.4 Å². The van der Waals surface area contributed by atoms with Gasteiger partial charge in [-0.2, -0.15) is 0 Å². The summed E-state index contributed by atoms with van der Waals surface area (Å²) in [6, 6.07) is 6.92. The number of pyridine rings is 1. The summed E-state index contributed by atoms with van der Waals surface area (Å²) in [4.78, 5) is 9.64. The van der Waals surface area contributed by atoms with Crippen molar-refractivity contribution in [3.63, 3.8) is 0 Å². The van der Waals surface area contributed by atoms with Gasteiger partial charge in [-0.05, 0) is 32.4 Å². The van der Waals surface area contributed by atoms with Crippen molar-refractivity contribution in [2.24, 2.45) is 0 Å². The van der Waals surface area contributed by atoms with Crippen LogP contribution in [0.5, 0.6) is 0 Å². The molecule has 0 aliphatic carbocycles. The highest BCUT2D eigenvalue weighted by atomic mass is 15.3. The van der Waals surface area contributed by atoms with Gasteiger partial charge in [0.05, 0.1) is 0 Å². The van der Waals surface area contributed by atoms with E-state index < -0.39 is 0 Å². The maximum absolute atomic E-state index is 4.67. The Morgan fingerprint density at radius 3 is 2.58 bits per heavy atom. The molecule has 1 fully saturated rings. The minimum atomic E-state index is 0.697. The Bertz CT molecular complexity index is 385. The Morgan fingerprint density at radius 1 is 1.21 bits per heavy atom. The van der Waals surface area contributed by atoms with Gasteiger partial charge in [0, 0.05) is 38.8 Å². The number of anilines is 2. The van der Waals surface area contributed by atoms with Crippen LogP contribution in [0, 0.1) is 0 Å². The van der Waals surface area contributed by atoms with E-state index in [1.807, 2.05) is 6.07 Å². The normalized spacial score (nSPS) is 18.4. The van der Waals surface area contributed by atoms with E-state index in [1.165, 1.54) is 6.42 Å². The standard InChI is InChI=1S/C15H26N4/c1-4-13(3)18-9-11-19(12-10-18)15-8-6-7-14(17-15)16-5-2/h6-8,13H,4-5,9-12H2,1-3H3,(H,16,17). The van der Waals surface area contributed by atoms with E-state index in [0.717, 1.165) is 44.4 Å². The maximum Gasteiger partial charge on any atom is 0.131 e. The highest BCUT2D eigenvalue weighted by molar-refractivity contribution is 5.47. The van der Waals surface area contributed by atoms with Crippen LogP contribution in [0.3, 0.4) is 0 Å². The van der Waals surface area contributed by atoms with Gasteiger partial charge in [-0.15, -0.1) is 0 Å². The van der Waals surface area contributed by atoms with Crippen LogP contribution in [0.1, 0.15) is 27.2 Å². The first kappa shape index (κ1) is 14.1. The minimum Gasteiger partial charge on any atom is -0.370 e. The number of hydrogen-bond donors (Lipinski definition) is 1. The number of rotatable bonds is 5. The molecule has 0 bridgehead atoms. The molecule has 1 N–H and O–H groups in total. The second kappa shape index (κ2) is 6.75. The lowest BCUT2D eigenvalue weighted by Crippen LogP contribution is -2.49. The average Bonchev–Trinajstić information content (AvgIpc) is 2.47. The van der Waals surface area contributed by atoms with Gasteiger partial charge in [-0.3, -0.25) is 4.90 Å². The first-order valence-electron chi connectivity index (χ1n) is 7.44. The van der Waals surface area contributed by atoms with Crippen LogP contribution in [0.4, 0.5) is 11.6 Å². The third-order valence-corrected chi connectivity index (χ3v) is 3.94. The third-order valence-electron chi connectivity index (χ3n) is 3.94. The summed E-state index contributed by atoms with van der Waals surface area (Å²) in [5, 5.41) is 3.27. The van der Waals surface area contributed by atoms with Crippen molar-refractivity contribution in [1.82, 2.24) is 9.88 Å². The molecule has 1 aliphatic heterocycles. The van der Waals surface area contributed by atoms with Crippen LogP contribution in [-0.2, 0) is 0 Å². The number of nitrogens with zero attached hydrogens (tertiary/aromatic N) is 3. The largest absolute Gasteiger partial charge is 0.370 e. The summed E-state index contributed by atoms with van der Waals surface area (Å²) < 4.78 is 0. The molecule has 4 nitrogen and oxygen atoms in total. The van der Waals surface area contributed by atoms with Crippen molar-refractivity contribution in [3.8, 4) is 0 Å². The molecule has 1 atom stereocenters. The average molecular weight is 262 g/mol. The summed E-state index contributed by atoms with van der Waals surface area (Å²) in [5.41, 5.74) is 0. The second-order valence-corrected chi connectivity index (χ2v) is 5.19. The SMILES string of the molecule is CCNc1cccc(N2CCN(C(C)CC)CC2)n1. The molecule has 0 amide bonds. The van der Waals surface area contributed by atoms with Crippen molar-refractivity contribution in [3.05, 3.63) is 18.2 Å². The van der Waals surface area contributed by atoms with E-state index in [4.69, 9.17) is 0 Å². The molecule has 1 aliphatic rings. The Kier molecular flexibility index (Phi) is 5.02. The summed E-state index contributed by atoms with van der Waals surface area (Å²) in [5.74, 6) is 2.08. The van der Waals surface area contributed by atoms with Crippen LogP contribution in [0.25, 0.3) is 0 Å². The van der Waals surface area contributed by atoms with E-state index in [-0.39, 0.29) is 0 Å². The van der Waals surface area contributed by atoms with Gasteiger partial charge in [-0.25, -0.2) is 4.98 Å². The van der Waals surface area contributed by atoms with Crippen LogP contribution in [0.15, 0.2) is 18.2 Å². The Labute approximate surface area is 116 Å². The molecule has 0 radical (unpaired) electrons. The van der Waals surface area contributed by atoms with Crippen molar-refractivity contribution < 1.29 is 0 Å². The van der Waals surface area contributed by atoms with E-state index in [0.29, 0.717) is 6.04 Å². The van der Waals surface area contributed by atoms with E-state index in [9.17, 15) is 0 Å². The van der Waals surface area contributed by atoms with E-state index in [1.54, 1.807) is 0 Å². The predicted molar refractivity (Wildman–Crippen MR) is 81.9 cm³/mol. The summed E-state index contributed by atoms with van der Waals surface area (Å²) in [7, 11) is 0. The molecule has 2 heterocycles. The molecule has 1 unspecified atom stereocenters. The van der Waals surface area contributed by atoms with Gasteiger partial charge in [0.15, 0.2) is 0 Å². The van der Waals surface area contributed by atoms with Gasteiger partial charge >= 0.3 is 0 Å². The molecule has 19 heavy (non-hydrogen) atoms. The zero-order valence-corrected chi connectivity index (χ0v) is 12.4. The van der Waals surface area contributed by atoms with Crippen molar-refractivity contribution in [2.75, 3.05) is 42.9 Å². The van der Waals surface area contributed by atoms with Gasteiger partial charge in [-0.1, -0.05) is 13.0 Å². The van der Waals surface area contributed by atoms with E-state index in [2.05, 4.69) is 53.0 Å². The third kappa shape index (κ3) is 3.60. The van der Waals surface area contributed by atoms with Gasteiger partial charge in [0.1, 0.15) is 11.6 Å². The van der Waals surface area contributed by atoms with E-state index >= 15 is 0 Å². The molecule has 0 saturated carbocycles. The smallest absolute Gasteiger partial charge is 0.131 e. The predicted octanol–water partition coefficient (Wildman–Crippen LogP) is 2.43. The second-order valence-electron chi connectivity index (χ2n) is 5.19. The van der Waals surface area contributed by atoms with Crippen LogP contribution < -0.4 is 10.2 Å². The number of piperazine rings is 1. The van der Waals surface area contributed by atoms with Gasteiger partial charge in [0.25, 0.3) is 0 Å². The lowest BCUT2D eigenvalue weighted by molar-refractivity contribution is 0.192. The lowest BCUT2D eigenvalue weighted by atomic mass is 10.2. The molecule has 1 aromatic heterocycles. The maximum atomic E-state index is 4.67. The lowest BCUT2D eigenvalue weighted by Gasteiger charge is -2.38. The Morgan fingerprint density at radius 2 is 1.95 bits per heavy atom.